The molecule has 1 N–H and O–H groups in total. The normalized spacial score (nSPS) is 17.8. The molecule has 2 aromatic carbocycles. The number of pyridine rings is 1. The number of rotatable bonds is 4. The van der Waals surface area contributed by atoms with Crippen LogP contribution < -0.4 is 10.2 Å². The van der Waals surface area contributed by atoms with Gasteiger partial charge in [-0.3, -0.25) is 10.4 Å². The molecule has 0 saturated carbocycles. The Morgan fingerprint density at radius 1 is 1.03 bits per heavy atom. The monoisotopic (exact) mass is 382 g/mol. The Labute approximate surface area is 170 Å². The Morgan fingerprint density at radius 3 is 2.69 bits per heavy atom. The zero-order valence-electron chi connectivity index (χ0n) is 16.4. The summed E-state index contributed by atoms with van der Waals surface area (Å²) in [6, 6.07) is 18.4. The highest BCUT2D eigenvalue weighted by Crippen LogP contribution is 2.28. The molecule has 3 aromatic rings. The largest absolute Gasteiger partial charge is 0.491 e. The number of hydrogen-bond donors (Lipinski definition) is 1. The highest BCUT2D eigenvalue weighted by Gasteiger charge is 2.29. The van der Waals surface area contributed by atoms with E-state index >= 15 is 0 Å². The van der Waals surface area contributed by atoms with Crippen LogP contribution >= 0.6 is 0 Å². The van der Waals surface area contributed by atoms with E-state index in [1.807, 2.05) is 56.4 Å². The predicted molar refractivity (Wildman–Crippen MR) is 116 cm³/mol. The molecule has 1 unspecified atom stereocenters. The van der Waals surface area contributed by atoms with Crippen LogP contribution in [0.3, 0.4) is 0 Å². The van der Waals surface area contributed by atoms with Gasteiger partial charge in [-0.05, 0) is 61.4 Å². The van der Waals surface area contributed by atoms with E-state index in [0.29, 0.717) is 0 Å². The molecule has 0 fully saturated rings. The van der Waals surface area contributed by atoms with Crippen molar-refractivity contribution < 1.29 is 4.74 Å². The number of ether oxygens (including phenoxy) is 1. The number of para-hydroxylation sites is 1. The number of allylic oxidation sites excluding steroid dienone is 2. The Bertz CT molecular complexity index is 1140. The molecule has 5 nitrogen and oxygen atoms in total. The summed E-state index contributed by atoms with van der Waals surface area (Å²) in [6.07, 6.45) is 8.41. The van der Waals surface area contributed by atoms with E-state index in [4.69, 9.17) is 4.74 Å². The van der Waals surface area contributed by atoms with E-state index in [0.717, 1.165) is 39.2 Å². The number of amidine groups is 1. The lowest BCUT2D eigenvalue weighted by Crippen LogP contribution is -2.36. The molecule has 0 saturated heterocycles. The summed E-state index contributed by atoms with van der Waals surface area (Å²) in [5, 5.41) is 5.72. The van der Waals surface area contributed by atoms with Gasteiger partial charge in [-0.1, -0.05) is 30.3 Å². The third-order valence-electron chi connectivity index (χ3n) is 5.05. The van der Waals surface area contributed by atoms with Crippen LogP contribution in [0.1, 0.15) is 25.0 Å². The molecule has 0 spiro atoms. The summed E-state index contributed by atoms with van der Waals surface area (Å²) >= 11 is 0. The number of fused-ring (bicyclic) bond motifs is 2. The van der Waals surface area contributed by atoms with Crippen LogP contribution in [-0.2, 0) is 0 Å². The van der Waals surface area contributed by atoms with Gasteiger partial charge < -0.3 is 9.64 Å². The third-order valence-corrected chi connectivity index (χ3v) is 5.05. The Kier molecular flexibility index (Phi) is 4.28. The molecular formula is C24H22N4O. The summed E-state index contributed by atoms with van der Waals surface area (Å²) in [7, 11) is 0. The molecule has 2 aliphatic rings. The van der Waals surface area contributed by atoms with Crippen LogP contribution in [0.15, 0.2) is 84.2 Å². The van der Waals surface area contributed by atoms with E-state index in [1.54, 1.807) is 0 Å². The molecule has 29 heavy (non-hydrogen) atoms. The lowest BCUT2D eigenvalue weighted by Gasteiger charge is -2.26. The van der Waals surface area contributed by atoms with Gasteiger partial charge in [0.05, 0.1) is 11.6 Å². The van der Waals surface area contributed by atoms with Gasteiger partial charge in [0, 0.05) is 23.3 Å². The van der Waals surface area contributed by atoms with E-state index in [9.17, 15) is 0 Å². The predicted octanol–water partition coefficient (Wildman–Crippen LogP) is 4.53. The van der Waals surface area contributed by atoms with Crippen molar-refractivity contribution in [3.63, 3.8) is 0 Å². The van der Waals surface area contributed by atoms with Gasteiger partial charge in [0.2, 0.25) is 0 Å². The lowest BCUT2D eigenvalue weighted by atomic mass is 10.0. The van der Waals surface area contributed by atoms with Crippen molar-refractivity contribution >= 4 is 22.3 Å². The van der Waals surface area contributed by atoms with E-state index in [-0.39, 0.29) is 12.3 Å². The fraction of sp³-hybridized carbons (Fsp3) is 0.167. The van der Waals surface area contributed by atoms with Gasteiger partial charge >= 0.3 is 0 Å². The van der Waals surface area contributed by atoms with Crippen LogP contribution in [-0.4, -0.2) is 28.0 Å². The highest BCUT2D eigenvalue weighted by atomic mass is 16.5. The number of aromatic nitrogens is 1. The molecule has 0 amide bonds. The average Bonchev–Trinajstić information content (AvgIpc) is 3.16. The fourth-order valence-corrected chi connectivity index (χ4v) is 3.73. The van der Waals surface area contributed by atoms with Crippen LogP contribution in [0.2, 0.25) is 0 Å². The second kappa shape index (κ2) is 7.09. The third kappa shape index (κ3) is 3.25. The standard InChI is InChI=1S/C24H22N4O/c1-16(2)29-19-9-7-17(8-10-19)18-12-14-28-23(15-18)26-27-24(28)21-11-13-25-22-6-4-3-5-20(21)22/h3-16,23,26H,1-2H3. The van der Waals surface area contributed by atoms with Crippen molar-refractivity contribution in [2.75, 3.05) is 0 Å². The lowest BCUT2D eigenvalue weighted by molar-refractivity contribution is 0.242. The van der Waals surface area contributed by atoms with Gasteiger partial charge in [-0.2, -0.15) is 5.10 Å². The molecule has 0 aliphatic carbocycles. The molecular weight excluding hydrogens is 360 g/mol. The van der Waals surface area contributed by atoms with Gasteiger partial charge in [0.1, 0.15) is 11.9 Å². The first-order valence-corrected chi connectivity index (χ1v) is 9.82. The zero-order chi connectivity index (χ0) is 19.8. The molecule has 0 radical (unpaired) electrons. The maximum Gasteiger partial charge on any atom is 0.162 e. The zero-order valence-corrected chi connectivity index (χ0v) is 16.4. The number of nitrogens with zero attached hydrogens (tertiary/aromatic N) is 3. The minimum atomic E-state index is -0.0106. The Balaban J connectivity index is 1.40. The van der Waals surface area contributed by atoms with E-state index in [1.165, 1.54) is 0 Å². The maximum atomic E-state index is 5.74. The van der Waals surface area contributed by atoms with E-state index < -0.39 is 0 Å². The van der Waals surface area contributed by atoms with Crippen molar-refractivity contribution in [3.8, 4) is 5.75 Å². The first kappa shape index (κ1) is 17.5. The van der Waals surface area contributed by atoms with Crippen LogP contribution in [0.25, 0.3) is 16.5 Å². The van der Waals surface area contributed by atoms with Gasteiger partial charge in [-0.15, -0.1) is 0 Å². The molecule has 3 heterocycles. The second-order valence-electron chi connectivity index (χ2n) is 7.42. The average molecular weight is 382 g/mol. The minimum Gasteiger partial charge on any atom is -0.491 e. The summed E-state index contributed by atoms with van der Waals surface area (Å²) < 4.78 is 5.74. The SMILES string of the molecule is CC(C)Oc1ccc(C2=CC3NN=C(c4ccnc5ccccc45)N3C=C2)cc1. The maximum absolute atomic E-state index is 5.74. The van der Waals surface area contributed by atoms with Gasteiger partial charge in [0.25, 0.3) is 0 Å². The fourth-order valence-electron chi connectivity index (χ4n) is 3.73. The molecule has 0 bridgehead atoms. The molecule has 5 heteroatoms. The van der Waals surface area contributed by atoms with Crippen LogP contribution in [0, 0.1) is 0 Å². The summed E-state index contributed by atoms with van der Waals surface area (Å²) in [5.41, 5.74) is 7.60. The minimum absolute atomic E-state index is 0.0106. The summed E-state index contributed by atoms with van der Waals surface area (Å²) in [5.74, 6) is 1.79. The number of hydrazone groups is 1. The van der Waals surface area contributed by atoms with Crippen molar-refractivity contribution in [1.29, 1.82) is 0 Å². The number of hydrogen-bond acceptors (Lipinski definition) is 5. The Hall–Kier alpha value is -3.60. The molecule has 144 valence electrons. The van der Waals surface area contributed by atoms with Crippen LogP contribution in [0.4, 0.5) is 0 Å². The quantitative estimate of drug-likeness (QED) is 0.720. The summed E-state index contributed by atoms with van der Waals surface area (Å²) in [6.45, 7) is 4.06. The van der Waals surface area contributed by atoms with Gasteiger partial charge in [-0.25, -0.2) is 0 Å². The topological polar surface area (TPSA) is 49.8 Å². The summed E-state index contributed by atoms with van der Waals surface area (Å²) in [4.78, 5) is 6.61. The van der Waals surface area contributed by atoms with Crippen molar-refractivity contribution in [1.82, 2.24) is 15.3 Å². The molecule has 1 atom stereocenters. The molecule has 1 aromatic heterocycles. The second-order valence-corrected chi connectivity index (χ2v) is 7.42. The highest BCUT2D eigenvalue weighted by molar-refractivity contribution is 6.10. The van der Waals surface area contributed by atoms with Crippen molar-refractivity contribution in [3.05, 3.63) is 90.3 Å². The molecule has 5 rings (SSSR count). The molecule has 2 aliphatic heterocycles. The van der Waals surface area contributed by atoms with Crippen molar-refractivity contribution in [2.24, 2.45) is 5.10 Å². The van der Waals surface area contributed by atoms with Crippen LogP contribution in [0.5, 0.6) is 5.75 Å². The first-order valence-electron chi connectivity index (χ1n) is 9.82. The number of nitrogens with one attached hydrogen (secondary N) is 1. The number of benzene rings is 2. The van der Waals surface area contributed by atoms with E-state index in [2.05, 4.69) is 57.0 Å². The smallest absolute Gasteiger partial charge is 0.162 e. The Morgan fingerprint density at radius 2 is 1.86 bits per heavy atom. The van der Waals surface area contributed by atoms with Crippen molar-refractivity contribution in [2.45, 2.75) is 26.1 Å². The first-order chi connectivity index (χ1) is 14.2. The van der Waals surface area contributed by atoms with Gasteiger partial charge in [0.15, 0.2) is 5.84 Å².